The lowest BCUT2D eigenvalue weighted by molar-refractivity contribution is -0.384. The van der Waals surface area contributed by atoms with Gasteiger partial charge in [0.2, 0.25) is 21.8 Å². The van der Waals surface area contributed by atoms with Crippen LogP contribution < -0.4 is 9.62 Å². The standard InChI is InChI=1S/C25H34N4O6S/c1-5-15-26-25(31)22(6-2)27(16-14-20-10-8-7-9-11-20)24(30)18-28(36(4,34)35)23-17-21(29(32)33)13-12-19(23)3/h7-13,17,22H,5-6,14-16,18H2,1-4H3,(H,26,31). The van der Waals surface area contributed by atoms with Gasteiger partial charge in [0.15, 0.2) is 0 Å². The van der Waals surface area contributed by atoms with E-state index in [1.54, 1.807) is 13.8 Å². The lowest BCUT2D eigenvalue weighted by atomic mass is 10.1. The molecule has 0 radical (unpaired) electrons. The number of nitrogens with zero attached hydrogens (tertiary/aromatic N) is 3. The van der Waals surface area contributed by atoms with Crippen molar-refractivity contribution in [1.82, 2.24) is 10.2 Å². The second kappa shape index (κ2) is 13.0. The molecule has 0 saturated heterocycles. The van der Waals surface area contributed by atoms with E-state index in [1.807, 2.05) is 37.3 Å². The number of benzene rings is 2. The Balaban J connectivity index is 2.43. The molecule has 10 nitrogen and oxygen atoms in total. The summed E-state index contributed by atoms with van der Waals surface area (Å²) in [6.45, 7) is 5.39. The molecular formula is C25H34N4O6S. The molecule has 2 aromatic carbocycles. The average Bonchev–Trinajstić information content (AvgIpc) is 2.83. The molecule has 2 rings (SSSR count). The van der Waals surface area contributed by atoms with Gasteiger partial charge in [-0.05, 0) is 37.3 Å². The minimum absolute atomic E-state index is 0.0477. The topological polar surface area (TPSA) is 130 Å². The van der Waals surface area contributed by atoms with Crippen LogP contribution in [0.2, 0.25) is 0 Å². The van der Waals surface area contributed by atoms with Crippen molar-refractivity contribution < 1.29 is 22.9 Å². The second-order valence-corrected chi connectivity index (χ2v) is 10.4. The van der Waals surface area contributed by atoms with Gasteiger partial charge >= 0.3 is 0 Å². The highest BCUT2D eigenvalue weighted by atomic mass is 32.2. The van der Waals surface area contributed by atoms with Crippen LogP contribution in [0.3, 0.4) is 0 Å². The maximum Gasteiger partial charge on any atom is 0.271 e. The van der Waals surface area contributed by atoms with E-state index in [0.717, 1.165) is 28.6 Å². The molecule has 0 spiro atoms. The van der Waals surface area contributed by atoms with Gasteiger partial charge in [0.05, 0.1) is 16.9 Å². The number of nitrogens with one attached hydrogen (secondary N) is 1. The summed E-state index contributed by atoms with van der Waals surface area (Å²) < 4.78 is 26.3. The first-order valence-electron chi connectivity index (χ1n) is 11.8. The SMILES string of the molecule is CCCNC(=O)C(CC)N(CCc1ccccc1)C(=O)CN(c1cc([N+](=O)[O-])ccc1C)S(C)(=O)=O. The summed E-state index contributed by atoms with van der Waals surface area (Å²) in [4.78, 5) is 38.6. The van der Waals surface area contributed by atoms with E-state index in [0.29, 0.717) is 24.9 Å². The predicted octanol–water partition coefficient (Wildman–Crippen LogP) is 3.05. The normalized spacial score (nSPS) is 12.0. The lowest BCUT2D eigenvalue weighted by Gasteiger charge is -2.33. The van der Waals surface area contributed by atoms with Crippen molar-refractivity contribution in [2.45, 2.75) is 46.1 Å². The molecule has 0 aliphatic carbocycles. The highest BCUT2D eigenvalue weighted by Gasteiger charge is 2.32. The van der Waals surface area contributed by atoms with Crippen molar-refractivity contribution >= 4 is 33.2 Å². The van der Waals surface area contributed by atoms with Gasteiger partial charge in [-0.3, -0.25) is 24.0 Å². The van der Waals surface area contributed by atoms with Crippen molar-refractivity contribution in [3.05, 3.63) is 69.8 Å². The predicted molar refractivity (Wildman–Crippen MR) is 139 cm³/mol. The highest BCUT2D eigenvalue weighted by molar-refractivity contribution is 7.92. The second-order valence-electron chi connectivity index (χ2n) is 8.54. The van der Waals surface area contributed by atoms with E-state index in [-0.39, 0.29) is 23.8 Å². The minimum Gasteiger partial charge on any atom is -0.354 e. The fraction of sp³-hybridized carbons (Fsp3) is 0.440. The summed E-state index contributed by atoms with van der Waals surface area (Å²) in [6.07, 6.45) is 2.48. The van der Waals surface area contributed by atoms with Gasteiger partial charge in [-0.25, -0.2) is 8.42 Å². The van der Waals surface area contributed by atoms with E-state index in [9.17, 15) is 28.1 Å². The molecule has 0 aliphatic rings. The number of nitro groups is 1. The molecule has 0 heterocycles. The van der Waals surface area contributed by atoms with Crippen LogP contribution in [-0.2, 0) is 26.0 Å². The van der Waals surface area contributed by atoms with Gasteiger partial charge in [0, 0.05) is 25.2 Å². The molecular weight excluding hydrogens is 484 g/mol. The number of anilines is 1. The number of sulfonamides is 1. The number of carbonyl (C=O) groups excluding carboxylic acids is 2. The summed E-state index contributed by atoms with van der Waals surface area (Å²) in [7, 11) is -3.98. The Morgan fingerprint density at radius 1 is 1.11 bits per heavy atom. The lowest BCUT2D eigenvalue weighted by Crippen LogP contribution is -2.53. The van der Waals surface area contributed by atoms with Crippen LogP contribution in [0.4, 0.5) is 11.4 Å². The van der Waals surface area contributed by atoms with Crippen molar-refractivity contribution in [3.8, 4) is 0 Å². The molecule has 2 amide bonds. The molecule has 0 fully saturated rings. The Morgan fingerprint density at radius 2 is 1.78 bits per heavy atom. The number of aryl methyl sites for hydroxylation is 1. The zero-order valence-corrected chi connectivity index (χ0v) is 22.0. The monoisotopic (exact) mass is 518 g/mol. The average molecular weight is 519 g/mol. The third-order valence-corrected chi connectivity index (χ3v) is 6.90. The van der Waals surface area contributed by atoms with Crippen molar-refractivity contribution in [1.29, 1.82) is 0 Å². The highest BCUT2D eigenvalue weighted by Crippen LogP contribution is 2.27. The molecule has 1 unspecified atom stereocenters. The maximum atomic E-state index is 13.6. The Bertz CT molecular complexity index is 1170. The van der Waals surface area contributed by atoms with E-state index >= 15 is 0 Å². The van der Waals surface area contributed by atoms with Gasteiger partial charge in [0.1, 0.15) is 12.6 Å². The van der Waals surface area contributed by atoms with Crippen LogP contribution in [0.15, 0.2) is 48.5 Å². The fourth-order valence-electron chi connectivity index (χ4n) is 3.84. The van der Waals surface area contributed by atoms with Crippen LogP contribution in [0.1, 0.15) is 37.8 Å². The number of amides is 2. The molecule has 196 valence electrons. The first kappa shape index (κ1) is 28.8. The number of carbonyl (C=O) groups is 2. The van der Waals surface area contributed by atoms with Gasteiger partial charge in [0.25, 0.3) is 5.69 Å². The number of nitro benzene ring substituents is 1. The summed E-state index contributed by atoms with van der Waals surface area (Å²) in [5.74, 6) is -0.876. The van der Waals surface area contributed by atoms with E-state index in [2.05, 4.69) is 5.32 Å². The third kappa shape index (κ3) is 7.77. The molecule has 11 heteroatoms. The summed E-state index contributed by atoms with van der Waals surface area (Å²) in [5, 5.41) is 14.1. The van der Waals surface area contributed by atoms with E-state index in [1.165, 1.54) is 17.0 Å². The van der Waals surface area contributed by atoms with Crippen LogP contribution >= 0.6 is 0 Å². The number of hydrogen-bond acceptors (Lipinski definition) is 6. The minimum atomic E-state index is -3.98. The summed E-state index contributed by atoms with van der Waals surface area (Å²) in [6, 6.07) is 12.5. The van der Waals surface area contributed by atoms with Crippen LogP contribution in [0, 0.1) is 17.0 Å². The van der Waals surface area contributed by atoms with Gasteiger partial charge in [-0.15, -0.1) is 0 Å². The molecule has 0 bridgehead atoms. The van der Waals surface area contributed by atoms with Crippen molar-refractivity contribution in [2.24, 2.45) is 0 Å². The Kier molecular flexibility index (Phi) is 10.4. The zero-order chi connectivity index (χ0) is 26.9. The summed E-state index contributed by atoms with van der Waals surface area (Å²) >= 11 is 0. The van der Waals surface area contributed by atoms with Crippen LogP contribution in [0.5, 0.6) is 0 Å². The number of rotatable bonds is 13. The number of non-ortho nitro benzene ring substituents is 1. The molecule has 2 aromatic rings. The van der Waals surface area contributed by atoms with Crippen LogP contribution in [-0.4, -0.2) is 62.0 Å². The van der Waals surface area contributed by atoms with Crippen molar-refractivity contribution in [3.63, 3.8) is 0 Å². The maximum absolute atomic E-state index is 13.6. The largest absolute Gasteiger partial charge is 0.354 e. The molecule has 0 saturated carbocycles. The Morgan fingerprint density at radius 3 is 2.33 bits per heavy atom. The van der Waals surface area contributed by atoms with Gasteiger partial charge in [-0.2, -0.15) is 0 Å². The van der Waals surface area contributed by atoms with Crippen molar-refractivity contribution in [2.75, 3.05) is 30.2 Å². The van der Waals surface area contributed by atoms with Gasteiger partial charge < -0.3 is 10.2 Å². The quantitative estimate of drug-likeness (QED) is 0.320. The smallest absolute Gasteiger partial charge is 0.271 e. The van der Waals surface area contributed by atoms with E-state index in [4.69, 9.17) is 0 Å². The molecule has 1 atom stereocenters. The fourth-order valence-corrected chi connectivity index (χ4v) is 4.74. The summed E-state index contributed by atoms with van der Waals surface area (Å²) in [5.41, 5.74) is 1.19. The molecule has 36 heavy (non-hydrogen) atoms. The van der Waals surface area contributed by atoms with Gasteiger partial charge in [-0.1, -0.05) is 50.2 Å². The molecule has 0 aliphatic heterocycles. The first-order valence-corrected chi connectivity index (χ1v) is 13.7. The number of hydrogen-bond donors (Lipinski definition) is 1. The Hall–Kier alpha value is -3.47. The van der Waals surface area contributed by atoms with Crippen LogP contribution in [0.25, 0.3) is 0 Å². The first-order chi connectivity index (χ1) is 17.0. The zero-order valence-electron chi connectivity index (χ0n) is 21.1. The van der Waals surface area contributed by atoms with E-state index < -0.39 is 33.4 Å². The molecule has 0 aromatic heterocycles. The Labute approximate surface area is 212 Å². The third-order valence-electron chi connectivity index (χ3n) is 5.77. The molecule has 1 N–H and O–H groups in total.